The maximum absolute atomic E-state index is 12.7. The Morgan fingerprint density at radius 1 is 1.29 bits per heavy atom. The van der Waals surface area contributed by atoms with E-state index in [1.807, 2.05) is 19.9 Å². The fourth-order valence-electron chi connectivity index (χ4n) is 2.36. The van der Waals surface area contributed by atoms with Crippen molar-refractivity contribution in [1.29, 1.82) is 5.26 Å². The second-order valence-electron chi connectivity index (χ2n) is 6.65. The van der Waals surface area contributed by atoms with Crippen molar-refractivity contribution < 1.29 is 13.9 Å². The van der Waals surface area contributed by atoms with Crippen molar-refractivity contribution in [2.45, 2.75) is 40.2 Å². The molecule has 0 radical (unpaired) electrons. The highest BCUT2D eigenvalue weighted by atomic mass is 16.6. The van der Waals surface area contributed by atoms with E-state index in [1.54, 1.807) is 32.9 Å². The third kappa shape index (κ3) is 3.72. The van der Waals surface area contributed by atoms with Crippen LogP contribution in [0.25, 0.3) is 17.0 Å². The molecule has 0 amide bonds. The van der Waals surface area contributed by atoms with E-state index in [4.69, 9.17) is 9.15 Å². The van der Waals surface area contributed by atoms with Crippen molar-refractivity contribution in [3.8, 4) is 6.07 Å². The molecule has 0 atom stereocenters. The summed E-state index contributed by atoms with van der Waals surface area (Å²) in [5, 5.41) is 9.64. The second kappa shape index (κ2) is 6.32. The maximum atomic E-state index is 12.7. The van der Waals surface area contributed by atoms with Gasteiger partial charge in [-0.25, -0.2) is 4.79 Å². The quantitative estimate of drug-likeness (QED) is 0.478. The molecule has 0 aliphatic rings. The topological polar surface area (TPSA) is 80.3 Å². The summed E-state index contributed by atoms with van der Waals surface area (Å²) < 4.78 is 10.7. The first kappa shape index (κ1) is 17.5. The van der Waals surface area contributed by atoms with Crippen molar-refractivity contribution in [3.05, 3.63) is 50.9 Å². The highest BCUT2D eigenvalue weighted by Crippen LogP contribution is 2.19. The number of benzene rings is 1. The number of nitriles is 1. The lowest BCUT2D eigenvalue weighted by Gasteiger charge is -2.18. The minimum absolute atomic E-state index is 0.136. The first-order chi connectivity index (χ1) is 11.1. The number of carbonyl (C=O) groups excluding carboxylic acids is 1. The standard InChI is InChI=1S/C19H19NO4/c1-11-6-12(2)16-15(7-11)23-10-14(17(16)21)8-13(9-20)18(22)24-19(3,4)5/h6-8,10H,1-5H3/b13-8-. The van der Waals surface area contributed by atoms with E-state index in [1.165, 1.54) is 12.3 Å². The van der Waals surface area contributed by atoms with Crippen molar-refractivity contribution in [2.75, 3.05) is 0 Å². The lowest BCUT2D eigenvalue weighted by Crippen LogP contribution is -2.24. The van der Waals surface area contributed by atoms with E-state index >= 15 is 0 Å². The van der Waals surface area contributed by atoms with Gasteiger partial charge in [0.2, 0.25) is 0 Å². The summed E-state index contributed by atoms with van der Waals surface area (Å²) in [5.41, 5.74) is 1.12. The zero-order valence-electron chi connectivity index (χ0n) is 14.4. The number of aryl methyl sites for hydroxylation is 2. The highest BCUT2D eigenvalue weighted by Gasteiger charge is 2.20. The van der Waals surface area contributed by atoms with Crippen LogP contribution in [0.5, 0.6) is 0 Å². The Morgan fingerprint density at radius 2 is 1.96 bits per heavy atom. The first-order valence-electron chi connectivity index (χ1n) is 7.50. The van der Waals surface area contributed by atoms with Gasteiger partial charge in [0, 0.05) is 0 Å². The van der Waals surface area contributed by atoms with Gasteiger partial charge in [-0.1, -0.05) is 6.07 Å². The molecule has 2 aromatic rings. The SMILES string of the molecule is Cc1cc(C)c2c(=O)c(/C=C(/C#N)C(=O)OC(C)(C)C)coc2c1. The van der Waals surface area contributed by atoms with Crippen LogP contribution < -0.4 is 5.43 Å². The number of nitrogens with zero attached hydrogens (tertiary/aromatic N) is 1. The van der Waals surface area contributed by atoms with Crippen LogP contribution in [0.4, 0.5) is 0 Å². The molecule has 1 aromatic carbocycles. The van der Waals surface area contributed by atoms with Crippen molar-refractivity contribution >= 4 is 23.0 Å². The average Bonchev–Trinajstić information content (AvgIpc) is 2.43. The van der Waals surface area contributed by atoms with E-state index < -0.39 is 11.6 Å². The molecule has 24 heavy (non-hydrogen) atoms. The molecule has 5 nitrogen and oxygen atoms in total. The molecule has 0 aliphatic carbocycles. The molecule has 0 spiro atoms. The number of fused-ring (bicyclic) bond motifs is 1. The van der Waals surface area contributed by atoms with Crippen molar-refractivity contribution in [2.24, 2.45) is 0 Å². The van der Waals surface area contributed by atoms with E-state index in [9.17, 15) is 14.9 Å². The summed E-state index contributed by atoms with van der Waals surface area (Å²) in [6.07, 6.45) is 2.46. The average molecular weight is 325 g/mol. The zero-order chi connectivity index (χ0) is 18.1. The normalized spacial score (nSPS) is 12.1. The fourth-order valence-corrected chi connectivity index (χ4v) is 2.36. The number of ether oxygens (including phenoxy) is 1. The minimum atomic E-state index is -0.773. The van der Waals surface area contributed by atoms with E-state index in [0.29, 0.717) is 11.0 Å². The van der Waals surface area contributed by atoms with E-state index in [2.05, 4.69) is 0 Å². The van der Waals surface area contributed by atoms with Gasteiger partial charge in [0.15, 0.2) is 5.43 Å². The van der Waals surface area contributed by atoms with Gasteiger partial charge in [-0.05, 0) is 57.9 Å². The molecule has 0 aliphatic heterocycles. The molecule has 0 unspecified atom stereocenters. The summed E-state index contributed by atoms with van der Waals surface area (Å²) in [5.74, 6) is -0.773. The van der Waals surface area contributed by atoms with Gasteiger partial charge in [-0.2, -0.15) is 5.26 Å². The number of hydrogen-bond donors (Lipinski definition) is 0. The molecule has 0 fully saturated rings. The molecule has 0 saturated carbocycles. The summed E-state index contributed by atoms with van der Waals surface area (Å²) >= 11 is 0. The van der Waals surface area contributed by atoms with Crippen LogP contribution >= 0.6 is 0 Å². The lowest BCUT2D eigenvalue weighted by atomic mass is 10.0. The lowest BCUT2D eigenvalue weighted by molar-refractivity contribution is -0.149. The molecule has 5 heteroatoms. The number of esters is 1. The van der Waals surface area contributed by atoms with Crippen molar-refractivity contribution in [3.63, 3.8) is 0 Å². The second-order valence-corrected chi connectivity index (χ2v) is 6.65. The Labute approximate surface area is 140 Å². The Morgan fingerprint density at radius 3 is 2.54 bits per heavy atom. The molecule has 0 bridgehead atoms. The highest BCUT2D eigenvalue weighted by molar-refractivity contribution is 5.98. The van der Waals surface area contributed by atoms with Gasteiger partial charge >= 0.3 is 5.97 Å². The van der Waals surface area contributed by atoms with Gasteiger partial charge in [-0.3, -0.25) is 4.79 Å². The van der Waals surface area contributed by atoms with Gasteiger partial charge in [0.05, 0.1) is 10.9 Å². The zero-order valence-corrected chi connectivity index (χ0v) is 14.4. The van der Waals surface area contributed by atoms with Gasteiger partial charge in [-0.15, -0.1) is 0 Å². The predicted molar refractivity (Wildman–Crippen MR) is 91.4 cm³/mol. The van der Waals surface area contributed by atoms with E-state index in [-0.39, 0.29) is 16.6 Å². The number of rotatable bonds is 2. The van der Waals surface area contributed by atoms with Crippen molar-refractivity contribution in [1.82, 2.24) is 0 Å². The smallest absolute Gasteiger partial charge is 0.349 e. The van der Waals surface area contributed by atoms with Gasteiger partial charge < -0.3 is 9.15 Å². The molecule has 2 rings (SSSR count). The monoisotopic (exact) mass is 325 g/mol. The van der Waals surface area contributed by atoms with Crippen LogP contribution in [0.1, 0.15) is 37.5 Å². The summed E-state index contributed by atoms with van der Waals surface area (Å²) in [6, 6.07) is 5.43. The summed E-state index contributed by atoms with van der Waals surface area (Å²) in [6.45, 7) is 8.84. The number of hydrogen-bond acceptors (Lipinski definition) is 5. The van der Waals surface area contributed by atoms with Crippen LogP contribution in [-0.4, -0.2) is 11.6 Å². The third-order valence-electron chi connectivity index (χ3n) is 3.28. The minimum Gasteiger partial charge on any atom is -0.463 e. The Bertz CT molecular complexity index is 937. The maximum Gasteiger partial charge on any atom is 0.349 e. The van der Waals surface area contributed by atoms with Gasteiger partial charge in [0.1, 0.15) is 29.1 Å². The van der Waals surface area contributed by atoms with Crippen LogP contribution in [-0.2, 0) is 9.53 Å². The predicted octanol–water partition coefficient (Wildman–Crippen LogP) is 3.66. The third-order valence-corrected chi connectivity index (χ3v) is 3.28. The first-order valence-corrected chi connectivity index (χ1v) is 7.50. The Kier molecular flexibility index (Phi) is 4.61. The Balaban J connectivity index is 2.56. The van der Waals surface area contributed by atoms with Crippen LogP contribution in [0.15, 0.2) is 33.2 Å². The van der Waals surface area contributed by atoms with Crippen LogP contribution in [0.3, 0.4) is 0 Å². The molecular formula is C19H19NO4. The van der Waals surface area contributed by atoms with Gasteiger partial charge in [0.25, 0.3) is 0 Å². The largest absolute Gasteiger partial charge is 0.463 e. The number of carbonyl (C=O) groups is 1. The molecule has 1 aromatic heterocycles. The molecule has 0 saturated heterocycles. The molecule has 0 N–H and O–H groups in total. The van der Waals surface area contributed by atoms with Crippen LogP contribution in [0, 0.1) is 25.2 Å². The summed E-state index contributed by atoms with van der Waals surface area (Å²) in [7, 11) is 0. The molecular weight excluding hydrogens is 306 g/mol. The molecule has 124 valence electrons. The van der Waals surface area contributed by atoms with Crippen LogP contribution in [0.2, 0.25) is 0 Å². The summed E-state index contributed by atoms with van der Waals surface area (Å²) in [4.78, 5) is 24.7. The molecule has 1 heterocycles. The Hall–Kier alpha value is -2.87. The van der Waals surface area contributed by atoms with E-state index in [0.717, 1.165) is 11.1 Å². The fraction of sp³-hybridized carbons (Fsp3) is 0.316.